The second-order valence-electron chi connectivity index (χ2n) is 2.99. The number of hydrogen-bond donors (Lipinski definition) is 2. The number of aliphatic hydroxyl groups excluding tert-OH is 1. The van der Waals surface area contributed by atoms with Gasteiger partial charge in [-0.1, -0.05) is 0 Å². The third kappa shape index (κ3) is 1.72. The summed E-state index contributed by atoms with van der Waals surface area (Å²) >= 11 is 0. The summed E-state index contributed by atoms with van der Waals surface area (Å²) in [4.78, 5) is 11.5. The summed E-state index contributed by atoms with van der Waals surface area (Å²) in [7, 11) is 0. The van der Waals surface area contributed by atoms with Crippen molar-refractivity contribution in [3.63, 3.8) is 0 Å². The van der Waals surface area contributed by atoms with Crippen molar-refractivity contribution in [3.05, 3.63) is 27.5 Å². The van der Waals surface area contributed by atoms with Crippen LogP contribution < -0.4 is 5.56 Å². The SMILES string of the molecule is Cc1cc(O)n(CCO)c(=O)c1C. The summed E-state index contributed by atoms with van der Waals surface area (Å²) in [6, 6.07) is 1.52. The zero-order chi connectivity index (χ0) is 10.0. The zero-order valence-corrected chi connectivity index (χ0v) is 7.74. The first-order chi connectivity index (χ1) is 6.07. The molecule has 4 heteroatoms. The van der Waals surface area contributed by atoms with Gasteiger partial charge in [0.25, 0.3) is 5.56 Å². The lowest BCUT2D eigenvalue weighted by Crippen LogP contribution is -2.24. The van der Waals surface area contributed by atoms with Crippen LogP contribution in [0.5, 0.6) is 5.88 Å². The molecule has 1 heterocycles. The van der Waals surface area contributed by atoms with E-state index < -0.39 is 0 Å². The highest BCUT2D eigenvalue weighted by molar-refractivity contribution is 5.27. The van der Waals surface area contributed by atoms with Crippen LogP contribution in [0.2, 0.25) is 0 Å². The van der Waals surface area contributed by atoms with Crippen molar-refractivity contribution in [1.29, 1.82) is 0 Å². The number of aryl methyl sites for hydroxylation is 1. The molecule has 0 aliphatic carbocycles. The second-order valence-corrected chi connectivity index (χ2v) is 2.99. The highest BCUT2D eigenvalue weighted by atomic mass is 16.3. The van der Waals surface area contributed by atoms with Gasteiger partial charge in [0.05, 0.1) is 13.2 Å². The molecule has 0 fully saturated rings. The Balaban J connectivity index is 3.35. The van der Waals surface area contributed by atoms with Crippen molar-refractivity contribution >= 4 is 0 Å². The van der Waals surface area contributed by atoms with Crippen LogP contribution in [0, 0.1) is 13.8 Å². The minimum absolute atomic E-state index is 0.0952. The molecule has 0 unspecified atom stereocenters. The van der Waals surface area contributed by atoms with E-state index in [1.54, 1.807) is 13.8 Å². The van der Waals surface area contributed by atoms with E-state index in [1.165, 1.54) is 6.07 Å². The Bertz CT molecular complexity index is 368. The summed E-state index contributed by atoms with van der Waals surface area (Å²) in [5.41, 5.74) is 1.12. The van der Waals surface area contributed by atoms with Crippen LogP contribution in [-0.2, 0) is 6.54 Å². The Kier molecular flexibility index (Phi) is 2.72. The minimum atomic E-state index is -0.244. The standard InChI is InChI=1S/C9H13NO3/c1-6-5-8(12)10(3-4-11)9(13)7(6)2/h5,11-12H,3-4H2,1-2H3. The quantitative estimate of drug-likeness (QED) is 0.686. The van der Waals surface area contributed by atoms with E-state index in [-0.39, 0.29) is 24.6 Å². The Morgan fingerprint density at radius 3 is 2.62 bits per heavy atom. The maximum Gasteiger partial charge on any atom is 0.256 e. The summed E-state index contributed by atoms with van der Waals surface area (Å²) < 4.78 is 1.16. The van der Waals surface area contributed by atoms with E-state index in [0.29, 0.717) is 5.56 Å². The number of rotatable bonds is 2. The van der Waals surface area contributed by atoms with Crippen LogP contribution in [-0.4, -0.2) is 21.4 Å². The molecule has 0 saturated heterocycles. The van der Waals surface area contributed by atoms with Gasteiger partial charge in [0.15, 0.2) is 5.88 Å². The van der Waals surface area contributed by atoms with Crippen LogP contribution >= 0.6 is 0 Å². The van der Waals surface area contributed by atoms with E-state index in [0.717, 1.165) is 10.1 Å². The predicted octanol–water partition coefficient (Wildman–Crippen LogP) is 0.163. The first kappa shape index (κ1) is 9.80. The van der Waals surface area contributed by atoms with E-state index in [1.807, 2.05) is 0 Å². The molecular formula is C9H13NO3. The van der Waals surface area contributed by atoms with Crippen molar-refractivity contribution < 1.29 is 10.2 Å². The van der Waals surface area contributed by atoms with E-state index in [2.05, 4.69) is 0 Å². The Morgan fingerprint density at radius 1 is 1.46 bits per heavy atom. The van der Waals surface area contributed by atoms with Crippen LogP contribution in [0.1, 0.15) is 11.1 Å². The van der Waals surface area contributed by atoms with Gasteiger partial charge in [-0.2, -0.15) is 0 Å². The molecule has 0 saturated carbocycles. The average molecular weight is 183 g/mol. The van der Waals surface area contributed by atoms with Gasteiger partial charge < -0.3 is 10.2 Å². The Morgan fingerprint density at radius 2 is 2.08 bits per heavy atom. The normalized spacial score (nSPS) is 10.4. The summed E-state index contributed by atoms with van der Waals surface area (Å²) in [6.45, 7) is 3.44. The van der Waals surface area contributed by atoms with Crippen molar-refractivity contribution in [1.82, 2.24) is 4.57 Å². The third-order valence-corrected chi connectivity index (χ3v) is 2.10. The fourth-order valence-electron chi connectivity index (χ4n) is 1.17. The first-order valence-electron chi connectivity index (χ1n) is 4.08. The van der Waals surface area contributed by atoms with E-state index in [4.69, 9.17) is 5.11 Å². The fraction of sp³-hybridized carbons (Fsp3) is 0.444. The first-order valence-corrected chi connectivity index (χ1v) is 4.08. The van der Waals surface area contributed by atoms with E-state index in [9.17, 15) is 9.90 Å². The highest BCUT2D eigenvalue weighted by Gasteiger charge is 2.07. The molecule has 13 heavy (non-hydrogen) atoms. The molecule has 0 aromatic carbocycles. The van der Waals surface area contributed by atoms with E-state index >= 15 is 0 Å². The Labute approximate surface area is 76.1 Å². The monoisotopic (exact) mass is 183 g/mol. The molecule has 1 rings (SSSR count). The number of aliphatic hydroxyl groups is 1. The second kappa shape index (κ2) is 3.62. The lowest BCUT2D eigenvalue weighted by atomic mass is 10.2. The van der Waals surface area contributed by atoms with Crippen LogP contribution in [0.3, 0.4) is 0 Å². The molecule has 72 valence electrons. The van der Waals surface area contributed by atoms with Gasteiger partial charge in [-0.3, -0.25) is 9.36 Å². The summed E-state index contributed by atoms with van der Waals surface area (Å²) in [5.74, 6) is -0.0952. The average Bonchev–Trinajstić information content (AvgIpc) is 2.09. The molecule has 1 aromatic heterocycles. The molecule has 0 spiro atoms. The van der Waals surface area contributed by atoms with Gasteiger partial charge >= 0.3 is 0 Å². The van der Waals surface area contributed by atoms with Gasteiger partial charge in [-0.05, 0) is 19.4 Å². The largest absolute Gasteiger partial charge is 0.494 e. The summed E-state index contributed by atoms with van der Waals surface area (Å²) in [6.07, 6.45) is 0. The van der Waals surface area contributed by atoms with Crippen LogP contribution in [0.25, 0.3) is 0 Å². The van der Waals surface area contributed by atoms with Crippen molar-refractivity contribution in [2.75, 3.05) is 6.61 Å². The molecule has 0 aliphatic rings. The third-order valence-electron chi connectivity index (χ3n) is 2.10. The molecule has 0 bridgehead atoms. The maximum atomic E-state index is 11.5. The fourth-order valence-corrected chi connectivity index (χ4v) is 1.17. The minimum Gasteiger partial charge on any atom is -0.494 e. The number of aromatic hydroxyl groups is 1. The molecule has 0 amide bonds. The highest BCUT2D eigenvalue weighted by Crippen LogP contribution is 2.10. The summed E-state index contributed by atoms with van der Waals surface area (Å²) in [5, 5.41) is 18.0. The molecule has 2 N–H and O–H groups in total. The van der Waals surface area contributed by atoms with Gasteiger partial charge in [0.1, 0.15) is 0 Å². The van der Waals surface area contributed by atoms with Crippen molar-refractivity contribution in [3.8, 4) is 5.88 Å². The molecule has 0 atom stereocenters. The van der Waals surface area contributed by atoms with Gasteiger partial charge in [0.2, 0.25) is 0 Å². The maximum absolute atomic E-state index is 11.5. The lowest BCUT2D eigenvalue weighted by Gasteiger charge is -2.09. The smallest absolute Gasteiger partial charge is 0.256 e. The predicted molar refractivity (Wildman–Crippen MR) is 48.9 cm³/mol. The van der Waals surface area contributed by atoms with Crippen molar-refractivity contribution in [2.45, 2.75) is 20.4 Å². The van der Waals surface area contributed by atoms with Crippen LogP contribution in [0.15, 0.2) is 10.9 Å². The molecule has 4 nitrogen and oxygen atoms in total. The number of nitrogens with zero attached hydrogens (tertiary/aromatic N) is 1. The Hall–Kier alpha value is -1.29. The lowest BCUT2D eigenvalue weighted by molar-refractivity contribution is 0.263. The number of aromatic nitrogens is 1. The van der Waals surface area contributed by atoms with Crippen molar-refractivity contribution in [2.24, 2.45) is 0 Å². The molecule has 1 aromatic rings. The van der Waals surface area contributed by atoms with Crippen LogP contribution in [0.4, 0.5) is 0 Å². The van der Waals surface area contributed by atoms with Gasteiger partial charge in [-0.25, -0.2) is 0 Å². The number of hydrogen-bond acceptors (Lipinski definition) is 3. The number of pyridine rings is 1. The zero-order valence-electron chi connectivity index (χ0n) is 7.74. The molecule has 0 radical (unpaired) electrons. The molecular weight excluding hydrogens is 170 g/mol. The van der Waals surface area contributed by atoms with Gasteiger partial charge in [-0.15, -0.1) is 0 Å². The topological polar surface area (TPSA) is 62.5 Å². The van der Waals surface area contributed by atoms with Gasteiger partial charge in [0, 0.05) is 11.6 Å². The molecule has 0 aliphatic heterocycles.